The van der Waals surface area contributed by atoms with Gasteiger partial charge in [0.15, 0.2) is 0 Å². The number of hydrogen-bond acceptors (Lipinski definition) is 12. The molecule has 0 rings (SSSR count). The van der Waals surface area contributed by atoms with Crippen LogP contribution in [-0.4, -0.2) is 110 Å². The Morgan fingerprint density at radius 3 is 1.23 bits per heavy atom. The van der Waals surface area contributed by atoms with Crippen LogP contribution in [0.5, 0.6) is 0 Å². The minimum absolute atomic E-state index is 0.440. The molecule has 0 aromatic rings. The molecule has 12 nitrogen and oxygen atoms in total. The Labute approximate surface area is 284 Å². The van der Waals surface area contributed by atoms with Gasteiger partial charge in [0.25, 0.3) is 0 Å². The molecule has 0 fully saturated rings. The number of ether oxygens (including phenoxy) is 4. The van der Waals surface area contributed by atoms with Crippen LogP contribution in [0.2, 0.25) is 0 Å². The Bertz CT molecular complexity index is 1450. The SMILES string of the molecule is C=C(C)C(=O)OC(C(F)(F)C(F)(F)C(F)(F)C(F)(F)C(F)(F)C(F)(F)CC(O)CO)C(O)(OC(=O)C(=C)C)C(O)(OC(=O)C(=C)C)OC(=O)C(=C)C. The van der Waals surface area contributed by atoms with E-state index in [0.717, 1.165) is 0 Å². The molecule has 0 aromatic heterocycles. The van der Waals surface area contributed by atoms with Crippen molar-refractivity contribution in [3.05, 3.63) is 48.6 Å². The van der Waals surface area contributed by atoms with E-state index in [1.165, 1.54) is 0 Å². The molecule has 0 spiro atoms. The van der Waals surface area contributed by atoms with E-state index in [4.69, 9.17) is 10.2 Å². The van der Waals surface area contributed by atoms with Gasteiger partial charge in [0, 0.05) is 28.7 Å². The van der Waals surface area contributed by atoms with E-state index in [1.807, 2.05) is 0 Å². The summed E-state index contributed by atoms with van der Waals surface area (Å²) in [7, 11) is 0. The lowest BCUT2D eigenvalue weighted by atomic mass is 9.85. The minimum atomic E-state index is -8.55. The Hall–Kier alpha value is -4.16. The molecule has 24 heteroatoms. The first kappa shape index (κ1) is 47.8. The first-order valence-electron chi connectivity index (χ1n) is 13.4. The molecule has 0 aliphatic heterocycles. The fourth-order valence-electron chi connectivity index (χ4n) is 3.20. The summed E-state index contributed by atoms with van der Waals surface area (Å²) < 4.78 is 195. The Balaban J connectivity index is 8.43. The normalized spacial score (nSPS) is 15.7. The van der Waals surface area contributed by atoms with Crippen LogP contribution < -0.4 is 0 Å². The van der Waals surface area contributed by atoms with Gasteiger partial charge in [-0.25, -0.2) is 19.2 Å². The second kappa shape index (κ2) is 15.4. The fraction of sp³-hybridized carbons (Fsp3) is 0.571. The third-order valence-electron chi connectivity index (χ3n) is 6.23. The first-order valence-corrected chi connectivity index (χ1v) is 13.4. The van der Waals surface area contributed by atoms with Crippen molar-refractivity contribution >= 4 is 23.9 Å². The quantitative estimate of drug-likeness (QED) is 0.0490. The summed E-state index contributed by atoms with van der Waals surface area (Å²) in [5.74, 6) is -68.6. The van der Waals surface area contributed by atoms with E-state index >= 15 is 17.6 Å². The Morgan fingerprint density at radius 1 is 0.577 bits per heavy atom. The lowest BCUT2D eigenvalue weighted by molar-refractivity contribution is -0.486. The molecule has 0 radical (unpaired) electrons. The molecule has 0 bridgehead atoms. The molecule has 298 valence electrons. The lowest BCUT2D eigenvalue weighted by Gasteiger charge is -2.47. The number of carbonyl (C=O) groups excluding carboxylic acids is 4. The molecule has 0 saturated carbocycles. The highest BCUT2D eigenvalue weighted by Gasteiger charge is 2.93. The number of aliphatic hydroxyl groups excluding tert-OH is 2. The van der Waals surface area contributed by atoms with Gasteiger partial charge in [-0.3, -0.25) is 0 Å². The average molecular weight is 787 g/mol. The second-order valence-electron chi connectivity index (χ2n) is 11.0. The van der Waals surface area contributed by atoms with Gasteiger partial charge in [-0.1, -0.05) is 26.3 Å². The molecule has 0 aliphatic carbocycles. The van der Waals surface area contributed by atoms with Crippen molar-refractivity contribution in [3.63, 3.8) is 0 Å². The number of hydrogen-bond donors (Lipinski definition) is 4. The van der Waals surface area contributed by atoms with Crippen LogP contribution in [0.25, 0.3) is 0 Å². The minimum Gasteiger partial charge on any atom is -0.445 e. The summed E-state index contributed by atoms with van der Waals surface area (Å²) in [6, 6.07) is 0. The van der Waals surface area contributed by atoms with Gasteiger partial charge in [-0.15, -0.1) is 0 Å². The van der Waals surface area contributed by atoms with E-state index in [-0.39, 0.29) is 0 Å². The van der Waals surface area contributed by atoms with Crippen LogP contribution >= 0.6 is 0 Å². The Kier molecular flexibility index (Phi) is 14.2. The highest BCUT2D eigenvalue weighted by atomic mass is 19.4. The van der Waals surface area contributed by atoms with Crippen LogP contribution in [0.15, 0.2) is 48.6 Å². The van der Waals surface area contributed by atoms with Crippen molar-refractivity contribution in [1.82, 2.24) is 0 Å². The number of alkyl halides is 12. The highest BCUT2D eigenvalue weighted by molar-refractivity contribution is 5.90. The maximum atomic E-state index is 16.0. The zero-order chi connectivity index (χ0) is 42.0. The largest absolute Gasteiger partial charge is 0.448 e. The van der Waals surface area contributed by atoms with Crippen LogP contribution in [0.1, 0.15) is 34.1 Å². The molecule has 0 heterocycles. The third kappa shape index (κ3) is 8.55. The summed E-state index contributed by atoms with van der Waals surface area (Å²) in [4.78, 5) is 49.5. The maximum absolute atomic E-state index is 16.0. The highest BCUT2D eigenvalue weighted by Crippen LogP contribution is 2.62. The van der Waals surface area contributed by atoms with E-state index in [9.17, 15) is 64.5 Å². The number of esters is 4. The van der Waals surface area contributed by atoms with Crippen molar-refractivity contribution in [2.45, 2.75) is 93.6 Å². The van der Waals surface area contributed by atoms with Crippen molar-refractivity contribution < 1.29 is 111 Å². The predicted molar refractivity (Wildman–Crippen MR) is 145 cm³/mol. The fourth-order valence-corrected chi connectivity index (χ4v) is 3.20. The first-order chi connectivity index (χ1) is 22.9. The summed E-state index contributed by atoms with van der Waals surface area (Å²) in [6.45, 7) is 11.7. The zero-order valence-corrected chi connectivity index (χ0v) is 27.0. The molecular formula is C28H30F12O12. The van der Waals surface area contributed by atoms with Crippen molar-refractivity contribution in [2.24, 2.45) is 0 Å². The van der Waals surface area contributed by atoms with Crippen molar-refractivity contribution in [2.75, 3.05) is 6.61 Å². The molecule has 0 amide bonds. The van der Waals surface area contributed by atoms with Crippen LogP contribution in [0.3, 0.4) is 0 Å². The molecule has 52 heavy (non-hydrogen) atoms. The number of rotatable bonds is 19. The average Bonchev–Trinajstić information content (AvgIpc) is 2.97. The van der Waals surface area contributed by atoms with Crippen molar-refractivity contribution in [3.8, 4) is 0 Å². The van der Waals surface area contributed by atoms with E-state index in [2.05, 4.69) is 45.3 Å². The summed E-state index contributed by atoms with van der Waals surface area (Å²) in [5, 5.41) is 39.8. The van der Waals surface area contributed by atoms with Gasteiger partial charge in [-0.2, -0.15) is 52.7 Å². The van der Waals surface area contributed by atoms with Gasteiger partial charge in [0.2, 0.25) is 6.10 Å². The number of carbonyl (C=O) groups is 4. The summed E-state index contributed by atoms with van der Waals surface area (Å²) >= 11 is 0. The molecular weight excluding hydrogens is 756 g/mol. The number of halogens is 12. The van der Waals surface area contributed by atoms with E-state index in [0.29, 0.717) is 27.7 Å². The monoisotopic (exact) mass is 786 g/mol. The van der Waals surface area contributed by atoms with E-state index < -0.39 is 119 Å². The topological polar surface area (TPSA) is 186 Å². The maximum Gasteiger partial charge on any atom is 0.448 e. The van der Waals surface area contributed by atoms with Gasteiger partial charge < -0.3 is 39.4 Å². The van der Waals surface area contributed by atoms with Gasteiger partial charge in [0.05, 0.1) is 12.7 Å². The lowest BCUT2D eigenvalue weighted by Crippen LogP contribution is -2.78. The van der Waals surface area contributed by atoms with Crippen LogP contribution in [0.4, 0.5) is 52.7 Å². The Morgan fingerprint density at radius 2 is 0.904 bits per heavy atom. The molecule has 0 saturated heterocycles. The zero-order valence-electron chi connectivity index (χ0n) is 27.0. The van der Waals surface area contributed by atoms with Crippen molar-refractivity contribution in [1.29, 1.82) is 0 Å². The van der Waals surface area contributed by atoms with E-state index in [1.54, 1.807) is 0 Å². The summed E-state index contributed by atoms with van der Waals surface area (Å²) in [5.41, 5.74) is -4.51. The molecule has 4 N–H and O–H groups in total. The standard InChI is InChI=1S/C28H30F12O12/c1-11(2)16(43)49-20(23(47,50-17(44)12(3)4)28(48,51-18(45)13(5)6)52-19(46)14(7)8)22(31,32)25(35,36)27(39,40)26(37,38)24(33,34)21(29,30)9-15(42)10-41/h15,20,41-42,47-48H,1,3,5,7,9-10H2,2,4,6,8H3. The molecule has 3 atom stereocenters. The molecule has 0 aliphatic rings. The predicted octanol–water partition coefficient (Wildman–Crippen LogP) is 3.72. The smallest absolute Gasteiger partial charge is 0.445 e. The summed E-state index contributed by atoms with van der Waals surface area (Å²) in [6.07, 6.45) is -11.7. The third-order valence-corrected chi connectivity index (χ3v) is 6.23. The molecule has 3 unspecified atom stereocenters. The number of aliphatic hydroxyl groups is 4. The van der Waals surface area contributed by atoms with Gasteiger partial charge in [-0.05, 0) is 27.7 Å². The van der Waals surface area contributed by atoms with Gasteiger partial charge in [0.1, 0.15) is 0 Å². The van der Waals surface area contributed by atoms with Crippen LogP contribution in [0, 0.1) is 0 Å². The van der Waals surface area contributed by atoms with Gasteiger partial charge >= 0.3 is 71.2 Å². The molecule has 0 aromatic carbocycles. The van der Waals surface area contributed by atoms with Crippen LogP contribution in [-0.2, 0) is 38.1 Å². The second-order valence-corrected chi connectivity index (χ2v) is 11.0.